The molecule has 1 N–H and O–H groups in total. The minimum Gasteiger partial charge on any atom is -0.351 e. The van der Waals surface area contributed by atoms with Crippen molar-refractivity contribution in [2.45, 2.75) is 19.3 Å². The summed E-state index contributed by atoms with van der Waals surface area (Å²) in [6.07, 6.45) is 1.35. The van der Waals surface area contributed by atoms with Crippen molar-refractivity contribution in [3.05, 3.63) is 63.6 Å². The Kier molecular flexibility index (Phi) is 5.04. The first kappa shape index (κ1) is 16.7. The summed E-state index contributed by atoms with van der Waals surface area (Å²) in [5.41, 5.74) is 0.297. The van der Waals surface area contributed by atoms with Crippen molar-refractivity contribution in [1.29, 1.82) is 0 Å². The Balaban J connectivity index is 2.10. The fourth-order valence-electron chi connectivity index (χ4n) is 2.05. The summed E-state index contributed by atoms with van der Waals surface area (Å²) in [7, 11) is 0. The van der Waals surface area contributed by atoms with Crippen LogP contribution in [0, 0.1) is 5.82 Å². The van der Waals surface area contributed by atoms with Crippen molar-refractivity contribution >= 4 is 29.1 Å². The van der Waals surface area contributed by atoms with Gasteiger partial charge in [0.05, 0.1) is 10.6 Å². The number of amides is 1. The number of rotatable bonds is 4. The summed E-state index contributed by atoms with van der Waals surface area (Å²) in [5.74, 6) is -0.631. The van der Waals surface area contributed by atoms with Gasteiger partial charge in [0, 0.05) is 18.2 Å². The fraction of sp³-hybridized carbons (Fsp3) is 0.250. The smallest absolute Gasteiger partial charge is 0.252 e. The number of hydrogen-bond acceptors (Lipinski definition) is 2. The minimum absolute atomic E-state index is 0.143. The first-order chi connectivity index (χ1) is 10.3. The molecule has 0 atom stereocenters. The van der Waals surface area contributed by atoms with Crippen LogP contribution in [0.25, 0.3) is 0 Å². The van der Waals surface area contributed by atoms with E-state index in [9.17, 15) is 9.18 Å². The Morgan fingerprint density at radius 3 is 2.64 bits per heavy atom. The lowest BCUT2D eigenvalue weighted by Crippen LogP contribution is -2.37. The van der Waals surface area contributed by atoms with Gasteiger partial charge in [0.25, 0.3) is 5.91 Å². The highest BCUT2D eigenvalue weighted by Gasteiger charge is 2.24. The standard InChI is InChI=1S/C16H15Cl2FN2O/c1-16(2,11-5-3-4-6-13(11)19)9-21-15(22)10-7-12(17)14(18)20-8-10/h3-8H,9H2,1-2H3,(H,21,22). The second-order valence-corrected chi connectivity index (χ2v) is 6.31. The van der Waals surface area contributed by atoms with Gasteiger partial charge in [-0.25, -0.2) is 9.37 Å². The highest BCUT2D eigenvalue weighted by Crippen LogP contribution is 2.25. The molecule has 3 nitrogen and oxygen atoms in total. The third kappa shape index (κ3) is 3.76. The summed E-state index contributed by atoms with van der Waals surface area (Å²) in [4.78, 5) is 16.0. The van der Waals surface area contributed by atoms with Gasteiger partial charge in [0.1, 0.15) is 11.0 Å². The van der Waals surface area contributed by atoms with Crippen LogP contribution in [-0.4, -0.2) is 17.4 Å². The number of hydrogen-bond donors (Lipinski definition) is 1. The van der Waals surface area contributed by atoms with Gasteiger partial charge in [-0.05, 0) is 17.7 Å². The quantitative estimate of drug-likeness (QED) is 0.846. The molecule has 0 fully saturated rings. The van der Waals surface area contributed by atoms with Crippen LogP contribution in [0.4, 0.5) is 4.39 Å². The van der Waals surface area contributed by atoms with Crippen molar-refractivity contribution in [2.24, 2.45) is 0 Å². The lowest BCUT2D eigenvalue weighted by Gasteiger charge is -2.26. The molecule has 0 saturated carbocycles. The largest absolute Gasteiger partial charge is 0.351 e. The van der Waals surface area contributed by atoms with E-state index in [0.717, 1.165) is 0 Å². The average molecular weight is 341 g/mol. The summed E-state index contributed by atoms with van der Waals surface area (Å²) in [5, 5.41) is 3.12. The molecule has 22 heavy (non-hydrogen) atoms. The number of pyridine rings is 1. The summed E-state index contributed by atoms with van der Waals surface area (Å²) in [6, 6.07) is 7.96. The summed E-state index contributed by atoms with van der Waals surface area (Å²) >= 11 is 11.6. The zero-order valence-electron chi connectivity index (χ0n) is 12.2. The van der Waals surface area contributed by atoms with Crippen LogP contribution in [0.2, 0.25) is 10.2 Å². The van der Waals surface area contributed by atoms with E-state index in [0.29, 0.717) is 11.1 Å². The van der Waals surface area contributed by atoms with E-state index < -0.39 is 5.41 Å². The topological polar surface area (TPSA) is 42.0 Å². The van der Waals surface area contributed by atoms with Crippen LogP contribution < -0.4 is 5.32 Å². The highest BCUT2D eigenvalue weighted by atomic mass is 35.5. The van der Waals surface area contributed by atoms with Crippen molar-refractivity contribution in [1.82, 2.24) is 10.3 Å². The Labute approximate surface area is 138 Å². The number of halogens is 3. The van der Waals surface area contributed by atoms with Crippen LogP contribution in [-0.2, 0) is 5.41 Å². The van der Waals surface area contributed by atoms with Gasteiger partial charge in [-0.2, -0.15) is 0 Å². The zero-order chi connectivity index (χ0) is 16.3. The first-order valence-corrected chi connectivity index (χ1v) is 7.41. The summed E-state index contributed by atoms with van der Waals surface area (Å²) in [6.45, 7) is 3.99. The second kappa shape index (κ2) is 6.63. The zero-order valence-corrected chi connectivity index (χ0v) is 13.7. The number of carbonyl (C=O) groups excluding carboxylic acids is 1. The number of carbonyl (C=O) groups is 1. The van der Waals surface area contributed by atoms with E-state index in [-0.39, 0.29) is 28.4 Å². The highest BCUT2D eigenvalue weighted by molar-refractivity contribution is 6.41. The van der Waals surface area contributed by atoms with Gasteiger partial charge < -0.3 is 5.32 Å². The van der Waals surface area contributed by atoms with Gasteiger partial charge in [-0.1, -0.05) is 55.2 Å². The van der Waals surface area contributed by atoms with E-state index in [1.807, 2.05) is 13.8 Å². The lowest BCUT2D eigenvalue weighted by atomic mass is 9.84. The van der Waals surface area contributed by atoms with Crippen LogP contribution in [0.1, 0.15) is 29.8 Å². The number of nitrogens with zero attached hydrogens (tertiary/aromatic N) is 1. The predicted molar refractivity (Wildman–Crippen MR) is 86.0 cm³/mol. The monoisotopic (exact) mass is 340 g/mol. The molecule has 0 aliphatic carbocycles. The minimum atomic E-state index is -0.551. The van der Waals surface area contributed by atoms with Crippen LogP contribution in [0.3, 0.4) is 0 Å². The second-order valence-electron chi connectivity index (χ2n) is 5.54. The molecule has 1 amide bonds. The molecule has 0 saturated heterocycles. The molecule has 1 heterocycles. The molecule has 0 aliphatic heterocycles. The Bertz CT molecular complexity index is 704. The average Bonchev–Trinajstić information content (AvgIpc) is 2.48. The molecule has 1 aromatic heterocycles. The van der Waals surface area contributed by atoms with Crippen LogP contribution in [0.15, 0.2) is 36.5 Å². The SMILES string of the molecule is CC(C)(CNC(=O)c1cnc(Cl)c(Cl)c1)c1ccccc1F. The van der Waals surface area contributed by atoms with Gasteiger partial charge >= 0.3 is 0 Å². The van der Waals surface area contributed by atoms with Crippen molar-refractivity contribution < 1.29 is 9.18 Å². The van der Waals surface area contributed by atoms with Crippen molar-refractivity contribution in [2.75, 3.05) is 6.54 Å². The summed E-state index contributed by atoms with van der Waals surface area (Å²) < 4.78 is 13.9. The van der Waals surface area contributed by atoms with E-state index >= 15 is 0 Å². The Morgan fingerprint density at radius 2 is 2.00 bits per heavy atom. The molecule has 0 unspecified atom stereocenters. The normalized spacial score (nSPS) is 11.3. The molecule has 0 spiro atoms. The maximum Gasteiger partial charge on any atom is 0.252 e. The van der Waals surface area contributed by atoms with Gasteiger partial charge in [-0.15, -0.1) is 0 Å². The molecular formula is C16H15Cl2FN2O. The van der Waals surface area contributed by atoms with E-state index in [1.54, 1.807) is 18.2 Å². The van der Waals surface area contributed by atoms with Crippen LogP contribution in [0.5, 0.6) is 0 Å². The molecule has 2 rings (SSSR count). The van der Waals surface area contributed by atoms with Gasteiger partial charge in [-0.3, -0.25) is 4.79 Å². The number of nitrogens with one attached hydrogen (secondary N) is 1. The third-order valence-corrected chi connectivity index (χ3v) is 4.04. The number of aromatic nitrogens is 1. The van der Waals surface area contributed by atoms with E-state index in [1.165, 1.54) is 18.3 Å². The van der Waals surface area contributed by atoms with E-state index in [2.05, 4.69) is 10.3 Å². The number of benzene rings is 1. The lowest BCUT2D eigenvalue weighted by molar-refractivity contribution is 0.0945. The molecule has 0 bridgehead atoms. The fourth-order valence-corrected chi connectivity index (χ4v) is 2.32. The molecule has 1 aromatic carbocycles. The molecule has 6 heteroatoms. The molecule has 2 aromatic rings. The van der Waals surface area contributed by atoms with E-state index in [4.69, 9.17) is 23.2 Å². The van der Waals surface area contributed by atoms with Crippen LogP contribution >= 0.6 is 23.2 Å². The van der Waals surface area contributed by atoms with Crippen molar-refractivity contribution in [3.8, 4) is 0 Å². The predicted octanol–water partition coefficient (Wildman–Crippen LogP) is 4.24. The Hall–Kier alpha value is -1.65. The first-order valence-electron chi connectivity index (χ1n) is 6.65. The molecule has 116 valence electrons. The molecular weight excluding hydrogens is 326 g/mol. The molecule has 0 aliphatic rings. The van der Waals surface area contributed by atoms with Crippen molar-refractivity contribution in [3.63, 3.8) is 0 Å². The molecule has 0 radical (unpaired) electrons. The Morgan fingerprint density at radius 1 is 1.32 bits per heavy atom. The van der Waals surface area contributed by atoms with Gasteiger partial charge in [0.2, 0.25) is 0 Å². The maximum atomic E-state index is 13.9. The maximum absolute atomic E-state index is 13.9. The van der Waals surface area contributed by atoms with Gasteiger partial charge in [0.15, 0.2) is 0 Å². The third-order valence-electron chi connectivity index (χ3n) is 3.35.